The van der Waals surface area contributed by atoms with Gasteiger partial charge in [-0.25, -0.2) is 0 Å². The summed E-state index contributed by atoms with van der Waals surface area (Å²) < 4.78 is 5.09. The Balaban J connectivity index is 1.46. The molecule has 2 aliphatic rings. The van der Waals surface area contributed by atoms with Crippen molar-refractivity contribution in [2.75, 3.05) is 46.4 Å². The zero-order valence-electron chi connectivity index (χ0n) is 18.2. The van der Waals surface area contributed by atoms with E-state index in [2.05, 4.69) is 0 Å². The smallest absolute Gasteiger partial charge is 0.310 e. The quantitative estimate of drug-likeness (QED) is 0.619. The Labute approximate surface area is 187 Å². The number of likely N-dealkylation sites (N-methyl/N-ethyl adjacent to an activating group) is 1. The van der Waals surface area contributed by atoms with Gasteiger partial charge in [0, 0.05) is 39.1 Å². The summed E-state index contributed by atoms with van der Waals surface area (Å²) >= 11 is 1.42. The molecule has 3 heterocycles. The molecule has 1 aromatic rings. The molecule has 0 aliphatic carbocycles. The predicted octanol–water partition coefficient (Wildman–Crippen LogP) is 1.86. The lowest BCUT2D eigenvalue weighted by atomic mass is 9.95. The summed E-state index contributed by atoms with van der Waals surface area (Å²) in [5, 5.41) is 1.88. The van der Waals surface area contributed by atoms with Gasteiger partial charge in [-0.3, -0.25) is 19.2 Å². The second kappa shape index (κ2) is 10.7. The number of piperidine rings is 2. The Bertz CT molecular complexity index is 789. The van der Waals surface area contributed by atoms with E-state index in [4.69, 9.17) is 4.74 Å². The molecule has 170 valence electrons. The van der Waals surface area contributed by atoms with Crippen LogP contribution in [-0.4, -0.2) is 84.8 Å². The molecule has 1 aromatic heterocycles. The highest BCUT2D eigenvalue weighted by Crippen LogP contribution is 2.23. The van der Waals surface area contributed by atoms with Gasteiger partial charge in [0.15, 0.2) is 0 Å². The summed E-state index contributed by atoms with van der Waals surface area (Å²) in [5.41, 5.74) is 0. The Morgan fingerprint density at radius 1 is 1.10 bits per heavy atom. The van der Waals surface area contributed by atoms with Gasteiger partial charge in [-0.2, -0.15) is 0 Å². The molecule has 8 nitrogen and oxygen atoms in total. The third-order valence-electron chi connectivity index (χ3n) is 6.01. The minimum absolute atomic E-state index is 0.00270. The molecule has 3 rings (SSSR count). The lowest BCUT2D eigenvalue weighted by molar-refractivity contribution is -0.152. The summed E-state index contributed by atoms with van der Waals surface area (Å²) in [5.74, 6) is -0.910. The van der Waals surface area contributed by atoms with Crippen LogP contribution in [0.1, 0.15) is 42.3 Å². The number of esters is 1. The average Bonchev–Trinajstić information content (AvgIpc) is 3.33. The maximum Gasteiger partial charge on any atom is 0.310 e. The van der Waals surface area contributed by atoms with Crippen molar-refractivity contribution >= 4 is 35.0 Å². The second-order valence-electron chi connectivity index (χ2n) is 8.17. The molecule has 31 heavy (non-hydrogen) atoms. The number of nitrogens with zero attached hydrogens (tertiary/aromatic N) is 3. The van der Waals surface area contributed by atoms with Crippen LogP contribution < -0.4 is 0 Å². The molecule has 2 saturated heterocycles. The van der Waals surface area contributed by atoms with Gasteiger partial charge in [0.2, 0.25) is 11.8 Å². The number of ether oxygens (including phenoxy) is 1. The number of rotatable bonds is 6. The number of carbonyl (C=O) groups excluding carboxylic acids is 4. The van der Waals surface area contributed by atoms with Crippen LogP contribution in [0.2, 0.25) is 0 Å². The van der Waals surface area contributed by atoms with Gasteiger partial charge < -0.3 is 19.4 Å². The summed E-state index contributed by atoms with van der Waals surface area (Å²) in [6.07, 6.45) is 2.68. The largest absolute Gasteiger partial charge is 0.466 e. The summed E-state index contributed by atoms with van der Waals surface area (Å²) in [7, 11) is 1.65. The van der Waals surface area contributed by atoms with E-state index in [0.717, 1.165) is 17.7 Å². The summed E-state index contributed by atoms with van der Waals surface area (Å²) in [4.78, 5) is 55.7. The molecule has 0 radical (unpaired) electrons. The standard InChI is InChI=1S/C22H31N3O5S/c1-3-30-22(29)17-6-4-10-25(14-17)19(26)15-23(2)20(27)16-8-11-24(12-9-16)21(28)18-7-5-13-31-18/h5,7,13,16-17H,3-4,6,8-12,14-15H2,1-2H3. The van der Waals surface area contributed by atoms with Gasteiger partial charge in [-0.05, 0) is 44.1 Å². The van der Waals surface area contributed by atoms with E-state index >= 15 is 0 Å². The van der Waals surface area contributed by atoms with Crippen LogP contribution in [0.4, 0.5) is 0 Å². The van der Waals surface area contributed by atoms with Crippen LogP contribution in [-0.2, 0) is 19.1 Å². The van der Waals surface area contributed by atoms with Crippen molar-refractivity contribution in [2.45, 2.75) is 32.6 Å². The molecule has 1 unspecified atom stereocenters. The highest BCUT2D eigenvalue weighted by Gasteiger charge is 2.33. The molecule has 2 fully saturated rings. The molecule has 2 aliphatic heterocycles. The molecular formula is C22H31N3O5S. The third kappa shape index (κ3) is 5.84. The minimum Gasteiger partial charge on any atom is -0.466 e. The van der Waals surface area contributed by atoms with E-state index in [9.17, 15) is 19.2 Å². The fourth-order valence-corrected chi connectivity index (χ4v) is 4.93. The van der Waals surface area contributed by atoms with Gasteiger partial charge in [-0.15, -0.1) is 11.3 Å². The highest BCUT2D eigenvalue weighted by molar-refractivity contribution is 7.12. The van der Waals surface area contributed by atoms with Crippen LogP contribution in [0, 0.1) is 11.8 Å². The molecule has 0 spiro atoms. The summed E-state index contributed by atoms with van der Waals surface area (Å²) in [6.45, 7) is 4.14. The van der Waals surface area contributed by atoms with Crippen molar-refractivity contribution in [1.82, 2.24) is 14.7 Å². The minimum atomic E-state index is -0.288. The van der Waals surface area contributed by atoms with Crippen LogP contribution in [0.15, 0.2) is 17.5 Å². The third-order valence-corrected chi connectivity index (χ3v) is 6.86. The Morgan fingerprint density at radius 3 is 2.48 bits per heavy atom. The van der Waals surface area contributed by atoms with Crippen LogP contribution >= 0.6 is 11.3 Å². The lowest BCUT2D eigenvalue weighted by Gasteiger charge is -2.35. The van der Waals surface area contributed by atoms with Crippen molar-refractivity contribution < 1.29 is 23.9 Å². The van der Waals surface area contributed by atoms with E-state index in [0.29, 0.717) is 45.6 Å². The number of amides is 3. The number of likely N-dealkylation sites (tertiary alicyclic amines) is 2. The van der Waals surface area contributed by atoms with E-state index in [1.807, 2.05) is 17.5 Å². The van der Waals surface area contributed by atoms with Crippen molar-refractivity contribution in [3.63, 3.8) is 0 Å². The first kappa shape index (κ1) is 23.2. The Kier molecular flexibility index (Phi) is 8.06. The maximum atomic E-state index is 12.9. The molecule has 3 amide bonds. The zero-order chi connectivity index (χ0) is 22.4. The van der Waals surface area contributed by atoms with E-state index < -0.39 is 0 Å². The highest BCUT2D eigenvalue weighted by atomic mass is 32.1. The number of hydrogen-bond acceptors (Lipinski definition) is 6. The first-order valence-corrected chi connectivity index (χ1v) is 11.8. The van der Waals surface area contributed by atoms with E-state index in [1.54, 1.807) is 23.8 Å². The van der Waals surface area contributed by atoms with E-state index in [1.165, 1.54) is 16.2 Å². The predicted molar refractivity (Wildman–Crippen MR) is 117 cm³/mol. The van der Waals surface area contributed by atoms with E-state index in [-0.39, 0.29) is 42.1 Å². The molecule has 0 bridgehead atoms. The van der Waals surface area contributed by atoms with Crippen molar-refractivity contribution in [3.8, 4) is 0 Å². The van der Waals surface area contributed by atoms with Gasteiger partial charge >= 0.3 is 5.97 Å². The molecule has 1 atom stereocenters. The number of hydrogen-bond donors (Lipinski definition) is 0. The molecule has 0 saturated carbocycles. The topological polar surface area (TPSA) is 87.2 Å². The van der Waals surface area contributed by atoms with Gasteiger partial charge in [-0.1, -0.05) is 6.07 Å². The molecular weight excluding hydrogens is 418 g/mol. The van der Waals surface area contributed by atoms with Crippen LogP contribution in [0.3, 0.4) is 0 Å². The van der Waals surface area contributed by atoms with Crippen molar-refractivity contribution in [1.29, 1.82) is 0 Å². The second-order valence-corrected chi connectivity index (χ2v) is 9.12. The van der Waals surface area contributed by atoms with Crippen molar-refractivity contribution in [2.24, 2.45) is 11.8 Å². The summed E-state index contributed by atoms with van der Waals surface area (Å²) in [6, 6.07) is 3.67. The first-order valence-electron chi connectivity index (χ1n) is 10.9. The fraction of sp³-hybridized carbons (Fsp3) is 0.636. The van der Waals surface area contributed by atoms with Gasteiger partial charge in [0.05, 0.1) is 23.9 Å². The normalized spacial score (nSPS) is 19.7. The SMILES string of the molecule is CCOC(=O)C1CCCN(C(=O)CN(C)C(=O)C2CCN(C(=O)c3cccs3)CC2)C1. The van der Waals surface area contributed by atoms with Crippen LogP contribution in [0.25, 0.3) is 0 Å². The zero-order valence-corrected chi connectivity index (χ0v) is 19.1. The first-order chi connectivity index (χ1) is 14.9. The van der Waals surface area contributed by atoms with Crippen molar-refractivity contribution in [3.05, 3.63) is 22.4 Å². The van der Waals surface area contributed by atoms with Gasteiger partial charge in [0.1, 0.15) is 0 Å². The molecule has 0 aromatic carbocycles. The van der Waals surface area contributed by atoms with Crippen LogP contribution in [0.5, 0.6) is 0 Å². The monoisotopic (exact) mass is 449 g/mol. The maximum absolute atomic E-state index is 12.9. The Hall–Kier alpha value is -2.42. The lowest BCUT2D eigenvalue weighted by Crippen LogP contribution is -2.49. The number of thiophene rings is 1. The van der Waals surface area contributed by atoms with Gasteiger partial charge in [0.25, 0.3) is 5.91 Å². The molecule has 0 N–H and O–H groups in total. The Morgan fingerprint density at radius 2 is 1.84 bits per heavy atom. The fourth-order valence-electron chi connectivity index (χ4n) is 4.23. The number of carbonyl (C=O) groups is 4. The molecule has 9 heteroatoms. The average molecular weight is 450 g/mol.